The molecule has 3 aliphatic rings. The second-order valence-electron chi connectivity index (χ2n) is 8.82. The number of carbonyl (C=O) groups is 2. The van der Waals surface area contributed by atoms with E-state index in [2.05, 4.69) is 17.1 Å². The zero-order valence-corrected chi connectivity index (χ0v) is 17.5. The molecule has 0 aromatic carbocycles. The number of fused-ring (bicyclic) bond motifs is 1. The highest BCUT2D eigenvalue weighted by Gasteiger charge is 2.38. The number of nitrogens with one attached hydrogen (secondary N) is 1. The summed E-state index contributed by atoms with van der Waals surface area (Å²) in [6.45, 7) is 7.60. The molecule has 1 aromatic heterocycles. The number of hydrogen-bond acceptors (Lipinski definition) is 4. The van der Waals surface area contributed by atoms with Gasteiger partial charge in [0.2, 0.25) is 11.8 Å². The van der Waals surface area contributed by atoms with Crippen molar-refractivity contribution in [3.63, 3.8) is 0 Å². The molecule has 160 valence electrons. The molecule has 0 radical (unpaired) electrons. The maximum atomic E-state index is 13.3. The monoisotopic (exact) mass is 402 g/mol. The molecule has 1 N–H and O–H groups in total. The van der Waals surface area contributed by atoms with Crippen molar-refractivity contribution < 1.29 is 14.3 Å². The average molecular weight is 403 g/mol. The van der Waals surface area contributed by atoms with Crippen molar-refractivity contribution in [1.29, 1.82) is 0 Å². The van der Waals surface area contributed by atoms with Gasteiger partial charge in [-0.25, -0.2) is 0 Å². The summed E-state index contributed by atoms with van der Waals surface area (Å²) >= 11 is 0. The molecule has 2 aliphatic heterocycles. The number of hydrogen-bond donors (Lipinski definition) is 1. The molecule has 29 heavy (non-hydrogen) atoms. The molecule has 1 aliphatic carbocycles. The van der Waals surface area contributed by atoms with E-state index in [1.54, 1.807) is 4.90 Å². The van der Waals surface area contributed by atoms with Crippen LogP contribution in [0.1, 0.15) is 50.8 Å². The Kier molecular flexibility index (Phi) is 6.55. The van der Waals surface area contributed by atoms with Crippen LogP contribution in [-0.4, -0.2) is 71.6 Å². The highest BCUT2D eigenvalue weighted by molar-refractivity contribution is 5.90. The van der Waals surface area contributed by atoms with Crippen molar-refractivity contribution in [3.8, 4) is 0 Å². The van der Waals surface area contributed by atoms with E-state index in [0.29, 0.717) is 13.1 Å². The van der Waals surface area contributed by atoms with Crippen molar-refractivity contribution in [2.45, 2.75) is 57.7 Å². The molecule has 1 saturated heterocycles. The van der Waals surface area contributed by atoms with Gasteiger partial charge in [0.05, 0.1) is 18.9 Å². The lowest BCUT2D eigenvalue weighted by Gasteiger charge is -2.38. The van der Waals surface area contributed by atoms with Gasteiger partial charge in [-0.1, -0.05) is 6.92 Å². The van der Waals surface area contributed by atoms with E-state index < -0.39 is 6.04 Å². The zero-order chi connectivity index (χ0) is 20.2. The highest BCUT2D eigenvalue weighted by Crippen LogP contribution is 2.29. The van der Waals surface area contributed by atoms with Gasteiger partial charge >= 0.3 is 0 Å². The molecule has 2 fully saturated rings. The van der Waals surface area contributed by atoms with Crippen molar-refractivity contribution in [3.05, 3.63) is 24.0 Å². The fraction of sp³-hybridized carbons (Fsp3) is 0.727. The van der Waals surface area contributed by atoms with E-state index in [4.69, 9.17) is 4.74 Å². The van der Waals surface area contributed by atoms with Gasteiger partial charge in [0.1, 0.15) is 6.54 Å². The van der Waals surface area contributed by atoms with Gasteiger partial charge in [-0.15, -0.1) is 0 Å². The Hall–Kier alpha value is -1.86. The number of aromatic nitrogens is 1. The molecule has 4 rings (SSSR count). The van der Waals surface area contributed by atoms with Crippen LogP contribution >= 0.6 is 0 Å². The number of carbonyl (C=O) groups excluding carboxylic acids is 2. The second-order valence-corrected chi connectivity index (χ2v) is 8.82. The van der Waals surface area contributed by atoms with Gasteiger partial charge in [0, 0.05) is 38.4 Å². The minimum atomic E-state index is -0.518. The Morgan fingerprint density at radius 2 is 1.93 bits per heavy atom. The number of nitrogens with zero attached hydrogens (tertiary/aromatic N) is 3. The van der Waals surface area contributed by atoms with Crippen LogP contribution < -0.4 is 5.32 Å². The van der Waals surface area contributed by atoms with Crippen molar-refractivity contribution in [2.75, 3.05) is 39.4 Å². The predicted molar refractivity (Wildman–Crippen MR) is 110 cm³/mol. The molecule has 1 saturated carbocycles. The third-order valence-corrected chi connectivity index (χ3v) is 6.67. The molecule has 0 bridgehead atoms. The van der Waals surface area contributed by atoms with Crippen LogP contribution in [0, 0.1) is 5.92 Å². The van der Waals surface area contributed by atoms with Crippen LogP contribution in [0.2, 0.25) is 0 Å². The topological polar surface area (TPSA) is 66.8 Å². The van der Waals surface area contributed by atoms with Crippen molar-refractivity contribution >= 4 is 11.8 Å². The van der Waals surface area contributed by atoms with Gasteiger partial charge < -0.3 is 19.5 Å². The number of rotatable bonds is 6. The molecular weight excluding hydrogens is 368 g/mol. The first-order valence-corrected chi connectivity index (χ1v) is 11.2. The van der Waals surface area contributed by atoms with Gasteiger partial charge in [0.25, 0.3) is 0 Å². The summed E-state index contributed by atoms with van der Waals surface area (Å²) in [5.41, 5.74) is 0.928. The van der Waals surface area contributed by atoms with Crippen LogP contribution in [-0.2, 0) is 20.9 Å². The van der Waals surface area contributed by atoms with Gasteiger partial charge in [-0.05, 0) is 50.2 Å². The third kappa shape index (κ3) is 4.83. The predicted octanol–water partition coefficient (Wildman–Crippen LogP) is 1.79. The first-order valence-electron chi connectivity index (χ1n) is 11.2. The fourth-order valence-corrected chi connectivity index (χ4v) is 4.86. The Bertz CT molecular complexity index is 705. The van der Waals surface area contributed by atoms with E-state index >= 15 is 0 Å². The van der Waals surface area contributed by atoms with Crippen LogP contribution in [0.3, 0.4) is 0 Å². The van der Waals surface area contributed by atoms with Crippen molar-refractivity contribution in [1.82, 2.24) is 19.7 Å². The average Bonchev–Trinajstić information content (AvgIpc) is 3.18. The summed E-state index contributed by atoms with van der Waals surface area (Å²) in [7, 11) is 0. The van der Waals surface area contributed by atoms with Gasteiger partial charge in [-0.3, -0.25) is 14.5 Å². The largest absolute Gasteiger partial charge is 0.379 e. The maximum Gasteiger partial charge on any atom is 0.249 e. The Labute approximate surface area is 173 Å². The minimum absolute atomic E-state index is 0.0241. The quantitative estimate of drug-likeness (QED) is 0.788. The molecule has 1 aromatic rings. The molecule has 7 heteroatoms. The van der Waals surface area contributed by atoms with E-state index in [1.165, 1.54) is 0 Å². The van der Waals surface area contributed by atoms with E-state index in [1.807, 2.05) is 22.9 Å². The van der Waals surface area contributed by atoms with E-state index in [0.717, 1.165) is 76.6 Å². The number of morpholine rings is 1. The van der Waals surface area contributed by atoms with E-state index in [9.17, 15) is 9.59 Å². The summed E-state index contributed by atoms with van der Waals surface area (Å²) in [5, 5.41) is 3.26. The minimum Gasteiger partial charge on any atom is -0.379 e. The number of amides is 2. The maximum absolute atomic E-state index is 13.3. The Morgan fingerprint density at radius 3 is 2.69 bits per heavy atom. The molecule has 1 atom stereocenters. The van der Waals surface area contributed by atoms with Crippen LogP contribution in [0.25, 0.3) is 0 Å². The SMILES string of the molecule is CC1CCC(NC(=O)C2c3cccn3CC(=O)N2CCCN2CCOCC2)CC1. The van der Waals surface area contributed by atoms with Crippen LogP contribution in [0.4, 0.5) is 0 Å². The normalized spacial score (nSPS) is 28.2. The summed E-state index contributed by atoms with van der Waals surface area (Å²) < 4.78 is 7.33. The standard InChI is InChI=1S/C22H34N4O3/c1-17-5-7-18(8-6-17)23-22(28)21-19-4-2-10-25(19)16-20(27)26(21)11-3-9-24-12-14-29-15-13-24/h2,4,10,17-18,21H,3,5-9,11-16H2,1H3,(H,23,28). The summed E-state index contributed by atoms with van der Waals surface area (Å²) in [5.74, 6) is 0.755. The van der Waals surface area contributed by atoms with Crippen LogP contribution in [0.5, 0.6) is 0 Å². The molecule has 1 unspecified atom stereocenters. The first kappa shape index (κ1) is 20.4. The lowest BCUT2D eigenvalue weighted by atomic mass is 9.87. The summed E-state index contributed by atoms with van der Waals surface area (Å²) in [6.07, 6.45) is 7.16. The Morgan fingerprint density at radius 1 is 1.17 bits per heavy atom. The fourth-order valence-electron chi connectivity index (χ4n) is 4.86. The molecule has 0 spiro atoms. The third-order valence-electron chi connectivity index (χ3n) is 6.67. The summed E-state index contributed by atoms with van der Waals surface area (Å²) in [4.78, 5) is 30.3. The van der Waals surface area contributed by atoms with Gasteiger partial charge in [0.15, 0.2) is 6.04 Å². The molecular formula is C22H34N4O3. The first-order chi connectivity index (χ1) is 14.1. The van der Waals surface area contributed by atoms with Gasteiger partial charge in [-0.2, -0.15) is 0 Å². The van der Waals surface area contributed by atoms with E-state index in [-0.39, 0.29) is 17.9 Å². The number of ether oxygens (including phenoxy) is 1. The zero-order valence-electron chi connectivity index (χ0n) is 17.5. The lowest BCUT2D eigenvalue weighted by molar-refractivity contribution is -0.144. The molecule has 7 nitrogen and oxygen atoms in total. The smallest absolute Gasteiger partial charge is 0.249 e. The van der Waals surface area contributed by atoms with Crippen molar-refractivity contribution in [2.24, 2.45) is 5.92 Å². The second kappa shape index (κ2) is 9.30. The molecule has 2 amide bonds. The summed E-state index contributed by atoms with van der Waals surface area (Å²) in [6, 6.07) is 3.63. The lowest BCUT2D eigenvalue weighted by Crippen LogP contribution is -2.51. The Balaban J connectivity index is 1.42. The highest BCUT2D eigenvalue weighted by atomic mass is 16.5. The van der Waals surface area contributed by atoms with Crippen LogP contribution in [0.15, 0.2) is 18.3 Å². The molecule has 3 heterocycles.